The van der Waals surface area contributed by atoms with Gasteiger partial charge < -0.3 is 10.2 Å². The lowest BCUT2D eigenvalue weighted by atomic mass is 10.1. The molecule has 1 aromatic heterocycles. The van der Waals surface area contributed by atoms with Crippen LogP contribution >= 0.6 is 0 Å². The summed E-state index contributed by atoms with van der Waals surface area (Å²) in [5.74, 6) is -2.65. The van der Waals surface area contributed by atoms with Crippen LogP contribution in [0.5, 0.6) is 0 Å². The summed E-state index contributed by atoms with van der Waals surface area (Å²) >= 11 is 0. The average Bonchev–Trinajstić information content (AvgIpc) is 2.17. The number of pyridine rings is 1. The minimum atomic E-state index is -1.35. The van der Waals surface area contributed by atoms with Crippen molar-refractivity contribution >= 4 is 11.9 Å². The number of carbonyl (C=O) groups is 2. The van der Waals surface area contributed by atoms with Gasteiger partial charge in [-0.2, -0.15) is 0 Å². The normalized spacial score (nSPS) is 9.60. The zero-order chi connectivity index (χ0) is 11.4. The van der Waals surface area contributed by atoms with E-state index in [1.807, 2.05) is 0 Å². The van der Waals surface area contributed by atoms with Gasteiger partial charge >= 0.3 is 11.9 Å². The summed E-state index contributed by atoms with van der Waals surface area (Å²) in [5.41, 5.74) is -0.135. The number of carboxylic acids is 2. The molecule has 0 saturated heterocycles. The minimum absolute atomic E-state index is 0.304. The Morgan fingerprint density at radius 3 is 2.53 bits per heavy atom. The fourth-order valence-corrected chi connectivity index (χ4v) is 1.12. The van der Waals surface area contributed by atoms with Crippen molar-refractivity contribution in [3.05, 3.63) is 41.7 Å². The van der Waals surface area contributed by atoms with E-state index in [-0.39, 0.29) is 5.56 Å². The van der Waals surface area contributed by atoms with Crippen molar-refractivity contribution in [1.82, 2.24) is 4.98 Å². The van der Waals surface area contributed by atoms with Gasteiger partial charge in [0.05, 0.1) is 5.56 Å². The molecule has 0 atom stereocenters. The third kappa shape index (κ3) is 2.40. The molecule has 0 amide bonds. The van der Waals surface area contributed by atoms with Crippen molar-refractivity contribution in [2.24, 2.45) is 0 Å². The topological polar surface area (TPSA) is 87.5 Å². The van der Waals surface area contributed by atoms with Crippen molar-refractivity contribution in [3.63, 3.8) is 0 Å². The number of nitrogens with zero attached hydrogens (tertiary/aromatic N) is 1. The van der Waals surface area contributed by atoms with Gasteiger partial charge in [-0.05, 0) is 18.1 Å². The number of carboxylic acid groups (broad SMARTS) is 2. The summed E-state index contributed by atoms with van der Waals surface area (Å²) in [7, 11) is 0. The van der Waals surface area contributed by atoms with Crippen LogP contribution in [0.2, 0.25) is 0 Å². The molecular formula is C10H9NO4. The van der Waals surface area contributed by atoms with Gasteiger partial charge in [0.15, 0.2) is 5.69 Å². The average molecular weight is 207 g/mol. The van der Waals surface area contributed by atoms with Crippen molar-refractivity contribution in [3.8, 4) is 0 Å². The highest BCUT2D eigenvalue weighted by Gasteiger charge is 2.17. The summed E-state index contributed by atoms with van der Waals surface area (Å²) in [5, 5.41) is 17.5. The first-order chi connectivity index (χ1) is 7.06. The van der Waals surface area contributed by atoms with Gasteiger partial charge in [-0.1, -0.05) is 6.08 Å². The molecule has 5 heteroatoms. The van der Waals surface area contributed by atoms with Crippen LogP contribution in [0.1, 0.15) is 26.4 Å². The number of aromatic carboxylic acids is 2. The summed E-state index contributed by atoms with van der Waals surface area (Å²) in [6.07, 6.45) is 3.37. The zero-order valence-corrected chi connectivity index (χ0v) is 7.80. The number of hydrogen-bond acceptors (Lipinski definition) is 3. The Labute approximate surface area is 85.7 Å². The van der Waals surface area contributed by atoms with E-state index in [0.717, 1.165) is 0 Å². The van der Waals surface area contributed by atoms with Crippen LogP contribution in [0.4, 0.5) is 0 Å². The Morgan fingerprint density at radius 1 is 1.40 bits per heavy atom. The second-order valence-corrected chi connectivity index (χ2v) is 2.84. The van der Waals surface area contributed by atoms with Crippen molar-refractivity contribution < 1.29 is 19.8 Å². The van der Waals surface area contributed by atoms with Crippen molar-refractivity contribution in [2.45, 2.75) is 6.42 Å². The Kier molecular flexibility index (Phi) is 3.17. The van der Waals surface area contributed by atoms with E-state index in [9.17, 15) is 9.59 Å². The highest BCUT2D eigenvalue weighted by Crippen LogP contribution is 2.10. The van der Waals surface area contributed by atoms with Gasteiger partial charge in [0.2, 0.25) is 0 Å². The number of allylic oxidation sites excluding steroid dienone is 1. The molecule has 0 aromatic carbocycles. The highest BCUT2D eigenvalue weighted by atomic mass is 16.4. The maximum absolute atomic E-state index is 10.8. The van der Waals surface area contributed by atoms with Crippen molar-refractivity contribution in [1.29, 1.82) is 0 Å². The number of rotatable bonds is 4. The third-order valence-corrected chi connectivity index (χ3v) is 1.76. The lowest BCUT2D eigenvalue weighted by molar-refractivity contribution is 0.0646. The molecule has 0 aliphatic rings. The van der Waals surface area contributed by atoms with Gasteiger partial charge in [0.1, 0.15) is 0 Å². The molecule has 0 unspecified atom stereocenters. The fraction of sp³-hybridized carbons (Fsp3) is 0.100. The molecule has 0 spiro atoms. The maximum atomic E-state index is 10.8. The van der Waals surface area contributed by atoms with Crippen LogP contribution < -0.4 is 0 Å². The maximum Gasteiger partial charge on any atom is 0.355 e. The molecular weight excluding hydrogens is 198 g/mol. The first-order valence-electron chi connectivity index (χ1n) is 4.12. The Bertz CT molecular complexity index is 425. The van der Waals surface area contributed by atoms with Gasteiger partial charge in [-0.3, -0.25) is 0 Å². The van der Waals surface area contributed by atoms with Crippen molar-refractivity contribution in [2.75, 3.05) is 0 Å². The highest BCUT2D eigenvalue weighted by molar-refractivity contribution is 6.00. The first-order valence-corrected chi connectivity index (χ1v) is 4.12. The molecule has 2 N–H and O–H groups in total. The first kappa shape index (κ1) is 10.9. The van der Waals surface area contributed by atoms with Gasteiger partial charge in [0, 0.05) is 6.20 Å². The van der Waals surface area contributed by atoms with Crippen LogP contribution in [-0.4, -0.2) is 27.1 Å². The summed E-state index contributed by atoms with van der Waals surface area (Å²) in [6.45, 7) is 3.50. The lowest BCUT2D eigenvalue weighted by Crippen LogP contribution is -2.11. The monoisotopic (exact) mass is 207 g/mol. The standard InChI is InChI=1S/C10H9NO4/c1-2-3-6-4-7(9(12)13)8(10(14)15)11-5-6/h2,4-5H,1,3H2,(H,12,13)(H,14,15). The SMILES string of the molecule is C=CCc1cnc(C(=O)O)c(C(=O)O)c1. The van der Waals surface area contributed by atoms with Crippen LogP contribution in [0, 0.1) is 0 Å². The molecule has 0 fully saturated rings. The second-order valence-electron chi connectivity index (χ2n) is 2.84. The molecule has 0 radical (unpaired) electrons. The fourth-order valence-electron chi connectivity index (χ4n) is 1.12. The quantitative estimate of drug-likeness (QED) is 0.724. The predicted molar refractivity (Wildman–Crippen MR) is 52.1 cm³/mol. The lowest BCUT2D eigenvalue weighted by Gasteiger charge is -2.02. The van der Waals surface area contributed by atoms with Crippen LogP contribution in [0.25, 0.3) is 0 Å². The molecule has 1 aromatic rings. The van der Waals surface area contributed by atoms with Crippen LogP contribution in [0.15, 0.2) is 24.9 Å². The molecule has 5 nitrogen and oxygen atoms in total. The molecule has 1 rings (SSSR count). The smallest absolute Gasteiger partial charge is 0.355 e. The molecule has 0 aliphatic carbocycles. The minimum Gasteiger partial charge on any atom is -0.478 e. The van der Waals surface area contributed by atoms with Crippen LogP contribution in [-0.2, 0) is 6.42 Å². The Hall–Kier alpha value is -2.17. The van der Waals surface area contributed by atoms with Gasteiger partial charge in [-0.25, -0.2) is 14.6 Å². The Balaban J connectivity index is 3.26. The van der Waals surface area contributed by atoms with Gasteiger partial charge in [-0.15, -0.1) is 6.58 Å². The largest absolute Gasteiger partial charge is 0.478 e. The van der Waals surface area contributed by atoms with E-state index in [0.29, 0.717) is 12.0 Å². The number of aromatic nitrogens is 1. The summed E-state index contributed by atoms with van der Waals surface area (Å²) < 4.78 is 0. The third-order valence-electron chi connectivity index (χ3n) is 1.76. The second kappa shape index (κ2) is 4.36. The van der Waals surface area contributed by atoms with Crippen LogP contribution in [0.3, 0.4) is 0 Å². The number of hydrogen-bond donors (Lipinski definition) is 2. The summed E-state index contributed by atoms with van der Waals surface area (Å²) in [6, 6.07) is 1.29. The molecule has 0 saturated carbocycles. The molecule has 1 heterocycles. The van der Waals surface area contributed by atoms with E-state index < -0.39 is 17.6 Å². The summed E-state index contributed by atoms with van der Waals surface area (Å²) in [4.78, 5) is 25.0. The zero-order valence-electron chi connectivity index (χ0n) is 7.80. The van der Waals surface area contributed by atoms with E-state index in [1.54, 1.807) is 6.08 Å². The molecule has 0 aliphatic heterocycles. The molecule has 0 bridgehead atoms. The predicted octanol–water partition coefficient (Wildman–Crippen LogP) is 1.21. The van der Waals surface area contributed by atoms with E-state index in [4.69, 9.17) is 10.2 Å². The Morgan fingerprint density at radius 2 is 2.07 bits per heavy atom. The van der Waals surface area contributed by atoms with E-state index >= 15 is 0 Å². The van der Waals surface area contributed by atoms with E-state index in [1.165, 1.54) is 12.3 Å². The molecule has 78 valence electrons. The molecule has 15 heavy (non-hydrogen) atoms. The van der Waals surface area contributed by atoms with Gasteiger partial charge in [0.25, 0.3) is 0 Å². The van der Waals surface area contributed by atoms with E-state index in [2.05, 4.69) is 11.6 Å².